The molecule has 0 saturated carbocycles. The van der Waals surface area contributed by atoms with Crippen LogP contribution >= 0.6 is 11.8 Å². The van der Waals surface area contributed by atoms with E-state index in [0.717, 1.165) is 17.1 Å². The lowest BCUT2D eigenvalue weighted by atomic mass is 10.2. The van der Waals surface area contributed by atoms with Gasteiger partial charge in [0.2, 0.25) is 0 Å². The van der Waals surface area contributed by atoms with Crippen molar-refractivity contribution in [1.82, 2.24) is 9.97 Å². The Kier molecular flexibility index (Phi) is 5.64. The molecule has 0 atom stereocenters. The average Bonchev–Trinajstić information content (AvgIpc) is 2.68. The summed E-state index contributed by atoms with van der Waals surface area (Å²) in [5, 5.41) is 3.59. The number of thioether (sulfide) groups is 1. The second-order valence-electron chi connectivity index (χ2n) is 5.18. The van der Waals surface area contributed by atoms with E-state index < -0.39 is 0 Å². The molecule has 126 valence electrons. The van der Waals surface area contributed by atoms with Crippen LogP contribution in [0.1, 0.15) is 15.9 Å². The van der Waals surface area contributed by atoms with Gasteiger partial charge in [-0.3, -0.25) is 9.78 Å². The van der Waals surface area contributed by atoms with Gasteiger partial charge < -0.3 is 10.1 Å². The van der Waals surface area contributed by atoms with Gasteiger partial charge in [-0.25, -0.2) is 4.98 Å². The summed E-state index contributed by atoms with van der Waals surface area (Å²) < 4.78 is 5.12. The van der Waals surface area contributed by atoms with Gasteiger partial charge in [0.15, 0.2) is 0 Å². The van der Waals surface area contributed by atoms with E-state index in [2.05, 4.69) is 15.3 Å². The number of rotatable bonds is 6. The number of ether oxygens (including phenoxy) is 1. The number of nitrogens with zero attached hydrogens (tertiary/aromatic N) is 2. The highest BCUT2D eigenvalue weighted by atomic mass is 32.2. The zero-order valence-corrected chi connectivity index (χ0v) is 14.5. The van der Waals surface area contributed by atoms with Crippen LogP contribution in [0.2, 0.25) is 0 Å². The van der Waals surface area contributed by atoms with Crippen LogP contribution in [0.3, 0.4) is 0 Å². The number of benzene rings is 1. The summed E-state index contributed by atoms with van der Waals surface area (Å²) in [5.41, 5.74) is 2.39. The van der Waals surface area contributed by atoms with Gasteiger partial charge in [0.05, 0.1) is 12.7 Å². The Hall–Kier alpha value is -2.86. The summed E-state index contributed by atoms with van der Waals surface area (Å²) in [6, 6.07) is 14.7. The SMILES string of the molecule is COc1ccc(NC(=O)c2cccnc2SCc2ccncc2)cc1. The molecule has 1 N–H and O–H groups in total. The number of hydrogen-bond donors (Lipinski definition) is 1. The molecular weight excluding hydrogens is 334 g/mol. The van der Waals surface area contributed by atoms with Crippen LogP contribution in [-0.4, -0.2) is 23.0 Å². The van der Waals surface area contributed by atoms with E-state index in [0.29, 0.717) is 16.3 Å². The van der Waals surface area contributed by atoms with Crippen LogP contribution in [0.15, 0.2) is 72.1 Å². The fraction of sp³-hybridized carbons (Fsp3) is 0.105. The number of pyridine rings is 2. The van der Waals surface area contributed by atoms with Crippen molar-refractivity contribution in [2.24, 2.45) is 0 Å². The Morgan fingerprint density at radius 3 is 2.56 bits per heavy atom. The molecule has 2 aromatic heterocycles. The molecule has 0 bridgehead atoms. The zero-order chi connectivity index (χ0) is 17.5. The fourth-order valence-electron chi connectivity index (χ4n) is 2.18. The third-order valence-electron chi connectivity index (χ3n) is 3.49. The third kappa shape index (κ3) is 4.58. The molecule has 1 aromatic carbocycles. The lowest BCUT2D eigenvalue weighted by molar-refractivity contribution is 0.102. The van der Waals surface area contributed by atoms with Crippen molar-refractivity contribution >= 4 is 23.4 Å². The quantitative estimate of drug-likeness (QED) is 0.679. The summed E-state index contributed by atoms with van der Waals surface area (Å²) >= 11 is 1.53. The van der Waals surface area contributed by atoms with Gasteiger partial charge in [-0.15, -0.1) is 11.8 Å². The molecule has 0 saturated heterocycles. The van der Waals surface area contributed by atoms with Crippen molar-refractivity contribution in [3.05, 3.63) is 78.2 Å². The molecule has 3 aromatic rings. The number of carbonyl (C=O) groups excluding carboxylic acids is 1. The molecule has 0 aliphatic rings. The van der Waals surface area contributed by atoms with E-state index in [-0.39, 0.29) is 5.91 Å². The summed E-state index contributed by atoms with van der Waals surface area (Å²) in [7, 11) is 1.61. The molecule has 3 rings (SSSR count). The third-order valence-corrected chi connectivity index (χ3v) is 4.57. The van der Waals surface area contributed by atoms with Crippen LogP contribution in [-0.2, 0) is 5.75 Å². The van der Waals surface area contributed by atoms with Gasteiger partial charge in [-0.1, -0.05) is 0 Å². The molecule has 0 fully saturated rings. The number of amides is 1. The van der Waals surface area contributed by atoms with Gasteiger partial charge in [-0.2, -0.15) is 0 Å². The maximum atomic E-state index is 12.6. The van der Waals surface area contributed by atoms with Crippen molar-refractivity contribution in [3.8, 4) is 5.75 Å². The highest BCUT2D eigenvalue weighted by molar-refractivity contribution is 7.98. The molecule has 0 aliphatic carbocycles. The topological polar surface area (TPSA) is 64.1 Å². The van der Waals surface area contributed by atoms with Gasteiger partial charge in [0.25, 0.3) is 5.91 Å². The lowest BCUT2D eigenvalue weighted by Crippen LogP contribution is -2.13. The minimum atomic E-state index is -0.185. The Morgan fingerprint density at radius 2 is 1.84 bits per heavy atom. The maximum absolute atomic E-state index is 12.6. The molecule has 0 spiro atoms. The molecular formula is C19H17N3O2S. The van der Waals surface area contributed by atoms with Gasteiger partial charge in [0.1, 0.15) is 10.8 Å². The molecule has 0 radical (unpaired) electrons. The van der Waals surface area contributed by atoms with E-state index in [9.17, 15) is 4.79 Å². The Balaban J connectivity index is 1.71. The van der Waals surface area contributed by atoms with Crippen LogP contribution < -0.4 is 10.1 Å². The molecule has 5 nitrogen and oxygen atoms in total. The number of nitrogens with one attached hydrogen (secondary N) is 1. The largest absolute Gasteiger partial charge is 0.497 e. The number of methoxy groups -OCH3 is 1. The summed E-state index contributed by atoms with van der Waals surface area (Å²) in [6.45, 7) is 0. The lowest BCUT2D eigenvalue weighted by Gasteiger charge is -2.09. The van der Waals surface area contributed by atoms with Crippen molar-refractivity contribution < 1.29 is 9.53 Å². The second-order valence-corrected chi connectivity index (χ2v) is 6.15. The average molecular weight is 351 g/mol. The first-order valence-corrected chi connectivity index (χ1v) is 8.67. The highest BCUT2D eigenvalue weighted by Crippen LogP contribution is 2.25. The van der Waals surface area contributed by atoms with E-state index >= 15 is 0 Å². The minimum absolute atomic E-state index is 0.185. The number of aromatic nitrogens is 2. The molecule has 25 heavy (non-hydrogen) atoms. The smallest absolute Gasteiger partial charge is 0.258 e. The summed E-state index contributed by atoms with van der Waals surface area (Å²) in [5.74, 6) is 1.28. The first kappa shape index (κ1) is 17.0. The van der Waals surface area contributed by atoms with Crippen molar-refractivity contribution in [2.75, 3.05) is 12.4 Å². The number of carbonyl (C=O) groups is 1. The normalized spacial score (nSPS) is 10.3. The summed E-state index contributed by atoms with van der Waals surface area (Å²) in [6.07, 6.45) is 5.20. The molecule has 6 heteroatoms. The van der Waals surface area contributed by atoms with Crippen molar-refractivity contribution in [3.63, 3.8) is 0 Å². The number of anilines is 1. The first-order chi connectivity index (χ1) is 12.3. The highest BCUT2D eigenvalue weighted by Gasteiger charge is 2.13. The second kappa shape index (κ2) is 8.30. The predicted octanol–water partition coefficient (Wildman–Crippen LogP) is 4.03. The van der Waals surface area contributed by atoms with E-state index in [1.54, 1.807) is 62.1 Å². The van der Waals surface area contributed by atoms with Crippen LogP contribution in [0, 0.1) is 0 Å². The Morgan fingerprint density at radius 1 is 1.08 bits per heavy atom. The van der Waals surface area contributed by atoms with Crippen molar-refractivity contribution in [2.45, 2.75) is 10.8 Å². The fourth-order valence-corrected chi connectivity index (χ4v) is 3.13. The van der Waals surface area contributed by atoms with E-state index in [4.69, 9.17) is 4.74 Å². The maximum Gasteiger partial charge on any atom is 0.258 e. The Bertz CT molecular complexity index is 839. The van der Waals surface area contributed by atoms with E-state index in [1.807, 2.05) is 12.1 Å². The zero-order valence-electron chi connectivity index (χ0n) is 13.7. The minimum Gasteiger partial charge on any atom is -0.497 e. The monoisotopic (exact) mass is 351 g/mol. The van der Waals surface area contributed by atoms with Crippen molar-refractivity contribution in [1.29, 1.82) is 0 Å². The predicted molar refractivity (Wildman–Crippen MR) is 99.0 cm³/mol. The number of hydrogen-bond acceptors (Lipinski definition) is 5. The molecule has 2 heterocycles. The van der Waals surface area contributed by atoms with Gasteiger partial charge >= 0.3 is 0 Å². The standard InChI is InChI=1S/C19H17N3O2S/c1-24-16-6-4-15(5-7-16)22-18(23)17-3-2-10-21-19(17)25-13-14-8-11-20-12-9-14/h2-12H,13H2,1H3,(H,22,23). The van der Waals surface area contributed by atoms with Crippen LogP contribution in [0.5, 0.6) is 5.75 Å². The van der Waals surface area contributed by atoms with E-state index in [1.165, 1.54) is 11.8 Å². The Labute approximate surface area is 150 Å². The van der Waals surface area contributed by atoms with Gasteiger partial charge in [0, 0.05) is 30.0 Å². The molecule has 0 aliphatic heterocycles. The molecule has 1 amide bonds. The summed E-state index contributed by atoms with van der Waals surface area (Å²) in [4.78, 5) is 21.0. The van der Waals surface area contributed by atoms with Crippen LogP contribution in [0.4, 0.5) is 5.69 Å². The van der Waals surface area contributed by atoms with Crippen LogP contribution in [0.25, 0.3) is 0 Å². The first-order valence-electron chi connectivity index (χ1n) is 7.68. The molecule has 0 unspecified atom stereocenters. The van der Waals surface area contributed by atoms with Gasteiger partial charge in [-0.05, 0) is 54.1 Å².